The van der Waals surface area contributed by atoms with Gasteiger partial charge in [-0.2, -0.15) is 5.26 Å². The predicted octanol–water partition coefficient (Wildman–Crippen LogP) is 2.53. The molecule has 1 aromatic heterocycles. The molecule has 80 valence electrons. The molecule has 0 spiro atoms. The lowest BCUT2D eigenvalue weighted by molar-refractivity contribution is 0.587. The summed E-state index contributed by atoms with van der Waals surface area (Å²) in [5.41, 5.74) is 0.410. The van der Waals surface area contributed by atoms with E-state index in [0.717, 1.165) is 12.1 Å². The Morgan fingerprint density at radius 2 is 1.94 bits per heavy atom. The first-order chi connectivity index (χ1) is 7.61. The van der Waals surface area contributed by atoms with Gasteiger partial charge in [0.05, 0.1) is 17.2 Å². The lowest BCUT2D eigenvalue weighted by atomic mass is 10.1. The fourth-order valence-electron chi connectivity index (χ4n) is 1.40. The zero-order valence-corrected chi connectivity index (χ0v) is 8.38. The number of aromatic amines is 1. The first-order valence-corrected chi connectivity index (χ1v) is 4.53. The molecule has 0 saturated carbocycles. The molecule has 0 atom stereocenters. The lowest BCUT2D eigenvalue weighted by Gasteiger charge is -2.02. The molecule has 1 heterocycles. The third-order valence-corrected chi connectivity index (χ3v) is 2.11. The number of nitriles is 1. The number of halogens is 2. The van der Waals surface area contributed by atoms with Crippen LogP contribution in [0.25, 0.3) is 11.4 Å². The summed E-state index contributed by atoms with van der Waals surface area (Å²) in [6, 6.07) is 3.65. The van der Waals surface area contributed by atoms with Crippen molar-refractivity contribution in [3.05, 3.63) is 41.2 Å². The Kier molecular flexibility index (Phi) is 2.41. The summed E-state index contributed by atoms with van der Waals surface area (Å²) in [5, 5.41) is 8.55. The molecule has 0 saturated heterocycles. The summed E-state index contributed by atoms with van der Waals surface area (Å²) >= 11 is 0. The fraction of sp³-hybridized carbons (Fsp3) is 0.0909. The third kappa shape index (κ3) is 1.65. The van der Waals surface area contributed by atoms with E-state index in [2.05, 4.69) is 9.97 Å². The standard InChI is InChI=1S/C11H7F2N3/c1-6-5-15-11(16-6)10-8(12)2-7(4-14)3-9(10)13/h2-3,5H,1H3,(H,15,16). The lowest BCUT2D eigenvalue weighted by Crippen LogP contribution is -1.93. The van der Waals surface area contributed by atoms with Crippen LogP contribution >= 0.6 is 0 Å². The van der Waals surface area contributed by atoms with Gasteiger partial charge in [0.25, 0.3) is 0 Å². The van der Waals surface area contributed by atoms with Gasteiger partial charge in [0.15, 0.2) is 0 Å². The Hall–Kier alpha value is -2.22. The molecule has 16 heavy (non-hydrogen) atoms. The summed E-state index contributed by atoms with van der Waals surface area (Å²) in [4.78, 5) is 6.58. The van der Waals surface area contributed by atoms with E-state index in [9.17, 15) is 8.78 Å². The summed E-state index contributed by atoms with van der Waals surface area (Å²) < 4.78 is 27.1. The average molecular weight is 219 g/mol. The molecular weight excluding hydrogens is 212 g/mol. The van der Waals surface area contributed by atoms with Gasteiger partial charge in [-0.15, -0.1) is 0 Å². The maximum absolute atomic E-state index is 13.5. The van der Waals surface area contributed by atoms with E-state index in [1.54, 1.807) is 13.0 Å². The molecule has 0 aliphatic carbocycles. The maximum Gasteiger partial charge on any atom is 0.143 e. The van der Waals surface area contributed by atoms with Crippen LogP contribution in [-0.4, -0.2) is 9.97 Å². The number of nitrogens with zero attached hydrogens (tertiary/aromatic N) is 2. The quantitative estimate of drug-likeness (QED) is 0.801. The van der Waals surface area contributed by atoms with E-state index in [1.165, 1.54) is 6.20 Å². The highest BCUT2D eigenvalue weighted by atomic mass is 19.1. The van der Waals surface area contributed by atoms with E-state index in [-0.39, 0.29) is 17.0 Å². The van der Waals surface area contributed by atoms with Crippen LogP contribution in [0.5, 0.6) is 0 Å². The van der Waals surface area contributed by atoms with Crippen LogP contribution in [0, 0.1) is 29.9 Å². The topological polar surface area (TPSA) is 52.5 Å². The molecule has 0 radical (unpaired) electrons. The summed E-state index contributed by atoms with van der Waals surface area (Å²) in [6.07, 6.45) is 1.48. The molecule has 0 aliphatic rings. The Bertz CT molecular complexity index is 558. The minimum atomic E-state index is -0.800. The second kappa shape index (κ2) is 3.74. The highest BCUT2D eigenvalue weighted by molar-refractivity contribution is 5.59. The Morgan fingerprint density at radius 1 is 1.31 bits per heavy atom. The van der Waals surface area contributed by atoms with Crippen molar-refractivity contribution in [3.63, 3.8) is 0 Å². The van der Waals surface area contributed by atoms with E-state index in [1.807, 2.05) is 0 Å². The molecule has 2 aromatic rings. The van der Waals surface area contributed by atoms with Crippen LogP contribution in [0.1, 0.15) is 11.3 Å². The first-order valence-electron chi connectivity index (χ1n) is 4.53. The van der Waals surface area contributed by atoms with Crippen molar-refractivity contribution in [1.29, 1.82) is 5.26 Å². The summed E-state index contributed by atoms with van der Waals surface area (Å²) in [5.74, 6) is -1.48. The number of hydrogen-bond acceptors (Lipinski definition) is 2. The number of imidazole rings is 1. The van der Waals surface area contributed by atoms with Crippen molar-refractivity contribution < 1.29 is 8.78 Å². The van der Waals surface area contributed by atoms with Crippen LogP contribution in [0.2, 0.25) is 0 Å². The number of rotatable bonds is 1. The van der Waals surface area contributed by atoms with Gasteiger partial charge >= 0.3 is 0 Å². The van der Waals surface area contributed by atoms with Crippen molar-refractivity contribution in [2.75, 3.05) is 0 Å². The number of H-pyrrole nitrogens is 1. The van der Waals surface area contributed by atoms with E-state index in [0.29, 0.717) is 5.69 Å². The van der Waals surface area contributed by atoms with E-state index < -0.39 is 11.6 Å². The highest BCUT2D eigenvalue weighted by Gasteiger charge is 2.15. The summed E-state index contributed by atoms with van der Waals surface area (Å²) in [7, 11) is 0. The van der Waals surface area contributed by atoms with Gasteiger partial charge in [0.2, 0.25) is 0 Å². The SMILES string of the molecule is Cc1cnc(-c2c(F)cc(C#N)cc2F)[nH]1. The van der Waals surface area contributed by atoms with Gasteiger partial charge in [-0.05, 0) is 19.1 Å². The van der Waals surface area contributed by atoms with Gasteiger partial charge < -0.3 is 4.98 Å². The van der Waals surface area contributed by atoms with Crippen LogP contribution in [0.4, 0.5) is 8.78 Å². The second-order valence-electron chi connectivity index (χ2n) is 3.34. The van der Waals surface area contributed by atoms with Gasteiger partial charge in [0.1, 0.15) is 17.5 Å². The van der Waals surface area contributed by atoms with Crippen molar-refractivity contribution in [2.24, 2.45) is 0 Å². The van der Waals surface area contributed by atoms with Crippen molar-refractivity contribution >= 4 is 0 Å². The van der Waals surface area contributed by atoms with Gasteiger partial charge in [-0.1, -0.05) is 0 Å². The van der Waals surface area contributed by atoms with Crippen LogP contribution in [-0.2, 0) is 0 Å². The van der Waals surface area contributed by atoms with Crippen molar-refractivity contribution in [2.45, 2.75) is 6.92 Å². The smallest absolute Gasteiger partial charge is 0.143 e. The monoisotopic (exact) mass is 219 g/mol. The molecule has 5 heteroatoms. The van der Waals surface area contributed by atoms with Crippen LogP contribution < -0.4 is 0 Å². The maximum atomic E-state index is 13.5. The minimum absolute atomic E-state index is 0.0537. The molecule has 2 rings (SSSR count). The number of hydrogen-bond donors (Lipinski definition) is 1. The molecule has 1 N–H and O–H groups in total. The molecule has 3 nitrogen and oxygen atoms in total. The van der Waals surface area contributed by atoms with Gasteiger partial charge in [-0.3, -0.25) is 0 Å². The van der Waals surface area contributed by atoms with Crippen molar-refractivity contribution in [1.82, 2.24) is 9.97 Å². The van der Waals surface area contributed by atoms with Crippen LogP contribution in [0.3, 0.4) is 0 Å². The van der Waals surface area contributed by atoms with Crippen molar-refractivity contribution in [3.8, 4) is 17.5 Å². The highest BCUT2D eigenvalue weighted by Crippen LogP contribution is 2.24. The largest absolute Gasteiger partial charge is 0.342 e. The van der Waals surface area contributed by atoms with E-state index in [4.69, 9.17) is 5.26 Å². The predicted molar refractivity (Wildman–Crippen MR) is 53.4 cm³/mol. The molecule has 0 amide bonds. The number of aryl methyl sites for hydroxylation is 1. The normalized spacial score (nSPS) is 10.1. The first kappa shape index (κ1) is 10.3. The number of benzene rings is 1. The molecule has 0 aliphatic heterocycles. The molecule has 0 bridgehead atoms. The number of nitrogens with one attached hydrogen (secondary N) is 1. The van der Waals surface area contributed by atoms with Crippen LogP contribution in [0.15, 0.2) is 18.3 Å². The third-order valence-electron chi connectivity index (χ3n) is 2.11. The average Bonchev–Trinajstić information content (AvgIpc) is 2.63. The minimum Gasteiger partial charge on any atom is -0.342 e. The molecular formula is C11H7F2N3. The molecule has 0 unspecified atom stereocenters. The Balaban J connectivity index is 2.63. The van der Waals surface area contributed by atoms with E-state index >= 15 is 0 Å². The Labute approximate surface area is 90.4 Å². The number of aromatic nitrogens is 2. The Morgan fingerprint density at radius 3 is 2.38 bits per heavy atom. The zero-order chi connectivity index (χ0) is 11.7. The zero-order valence-electron chi connectivity index (χ0n) is 8.38. The summed E-state index contributed by atoms with van der Waals surface area (Å²) in [6.45, 7) is 1.73. The second-order valence-corrected chi connectivity index (χ2v) is 3.34. The molecule has 1 aromatic carbocycles. The van der Waals surface area contributed by atoms with Gasteiger partial charge in [0, 0.05) is 11.9 Å². The fourth-order valence-corrected chi connectivity index (χ4v) is 1.40. The molecule has 0 fully saturated rings. The van der Waals surface area contributed by atoms with Gasteiger partial charge in [-0.25, -0.2) is 13.8 Å².